The standard InChI is InChI=1S/C21H28N6O2/c1-14-8-9-15(19-25-24-18-7-3-2-4-11-27(18)19)12-17(14)23-20(28)16-6-5-10-26(13-16)21(22)29/h8-9,12,16H,2-7,10-11,13H2,1H3,(H2,22,29)(H,23,28). The zero-order chi connectivity index (χ0) is 20.4. The number of likely N-dealkylation sites (tertiary alicyclic amines) is 1. The summed E-state index contributed by atoms with van der Waals surface area (Å²) >= 11 is 0. The number of fused-ring (bicyclic) bond motifs is 1. The molecule has 3 heterocycles. The average Bonchev–Trinajstić information content (AvgIpc) is 2.97. The maximum Gasteiger partial charge on any atom is 0.314 e. The van der Waals surface area contributed by atoms with Gasteiger partial charge >= 0.3 is 6.03 Å². The number of aromatic nitrogens is 3. The smallest absolute Gasteiger partial charge is 0.314 e. The third-order valence-electron chi connectivity index (χ3n) is 5.97. The maximum absolute atomic E-state index is 12.8. The largest absolute Gasteiger partial charge is 0.351 e. The van der Waals surface area contributed by atoms with Crippen LogP contribution in [0.4, 0.5) is 10.5 Å². The van der Waals surface area contributed by atoms with Gasteiger partial charge in [0.15, 0.2) is 5.82 Å². The van der Waals surface area contributed by atoms with E-state index in [0.29, 0.717) is 13.1 Å². The van der Waals surface area contributed by atoms with E-state index in [1.807, 2.05) is 25.1 Å². The van der Waals surface area contributed by atoms with Crippen molar-refractivity contribution in [3.63, 3.8) is 0 Å². The summed E-state index contributed by atoms with van der Waals surface area (Å²) in [6.45, 7) is 3.89. The van der Waals surface area contributed by atoms with E-state index in [-0.39, 0.29) is 11.8 Å². The zero-order valence-corrected chi connectivity index (χ0v) is 16.9. The number of carbonyl (C=O) groups is 2. The van der Waals surface area contributed by atoms with Crippen molar-refractivity contribution in [3.05, 3.63) is 29.6 Å². The van der Waals surface area contributed by atoms with Gasteiger partial charge in [0, 0.05) is 37.3 Å². The lowest BCUT2D eigenvalue weighted by atomic mass is 9.97. The number of urea groups is 1. The molecule has 29 heavy (non-hydrogen) atoms. The fraction of sp³-hybridized carbons (Fsp3) is 0.524. The number of hydrogen-bond donors (Lipinski definition) is 2. The van der Waals surface area contributed by atoms with Gasteiger partial charge in [0.2, 0.25) is 5.91 Å². The normalized spacial score (nSPS) is 19.3. The highest BCUT2D eigenvalue weighted by atomic mass is 16.2. The van der Waals surface area contributed by atoms with Crippen molar-refractivity contribution in [2.45, 2.75) is 52.0 Å². The molecular weight excluding hydrogens is 368 g/mol. The minimum Gasteiger partial charge on any atom is -0.351 e. The molecule has 4 rings (SSSR count). The van der Waals surface area contributed by atoms with Gasteiger partial charge in [-0.05, 0) is 44.2 Å². The summed E-state index contributed by atoms with van der Waals surface area (Å²) in [5, 5.41) is 11.9. The van der Waals surface area contributed by atoms with Crippen molar-refractivity contribution >= 4 is 17.6 Å². The van der Waals surface area contributed by atoms with Crippen molar-refractivity contribution in [1.29, 1.82) is 0 Å². The molecule has 8 nitrogen and oxygen atoms in total. The van der Waals surface area contributed by atoms with Crippen LogP contribution in [0, 0.1) is 12.8 Å². The summed E-state index contributed by atoms with van der Waals surface area (Å²) in [6, 6.07) is 5.54. The lowest BCUT2D eigenvalue weighted by molar-refractivity contribution is -0.121. The molecule has 3 N–H and O–H groups in total. The molecule has 0 aliphatic carbocycles. The highest BCUT2D eigenvalue weighted by Crippen LogP contribution is 2.28. The molecule has 1 fully saturated rings. The number of primary amides is 1. The molecule has 1 atom stereocenters. The second kappa shape index (κ2) is 8.23. The molecule has 2 aromatic rings. The van der Waals surface area contributed by atoms with Crippen LogP contribution in [0.25, 0.3) is 11.4 Å². The van der Waals surface area contributed by atoms with Gasteiger partial charge in [-0.15, -0.1) is 10.2 Å². The third kappa shape index (κ3) is 4.11. The van der Waals surface area contributed by atoms with E-state index in [1.54, 1.807) is 4.90 Å². The van der Waals surface area contributed by atoms with Crippen LogP contribution < -0.4 is 11.1 Å². The Hall–Kier alpha value is -2.90. The molecule has 1 aromatic carbocycles. The Balaban J connectivity index is 1.54. The molecule has 1 unspecified atom stereocenters. The lowest BCUT2D eigenvalue weighted by Crippen LogP contribution is -2.46. The van der Waals surface area contributed by atoms with Gasteiger partial charge in [0.05, 0.1) is 5.92 Å². The van der Waals surface area contributed by atoms with Crippen LogP contribution in [-0.2, 0) is 17.8 Å². The molecule has 1 aromatic heterocycles. The first-order chi connectivity index (χ1) is 14.0. The number of piperidine rings is 1. The molecule has 0 bridgehead atoms. The Kier molecular flexibility index (Phi) is 5.51. The summed E-state index contributed by atoms with van der Waals surface area (Å²) in [7, 11) is 0. The first-order valence-electron chi connectivity index (χ1n) is 10.4. The van der Waals surface area contributed by atoms with Crippen molar-refractivity contribution < 1.29 is 9.59 Å². The van der Waals surface area contributed by atoms with Crippen molar-refractivity contribution in [1.82, 2.24) is 19.7 Å². The van der Waals surface area contributed by atoms with E-state index < -0.39 is 6.03 Å². The maximum atomic E-state index is 12.8. The van der Waals surface area contributed by atoms with Crippen LogP contribution >= 0.6 is 0 Å². The summed E-state index contributed by atoms with van der Waals surface area (Å²) in [4.78, 5) is 25.8. The summed E-state index contributed by atoms with van der Waals surface area (Å²) in [6.07, 6.45) is 5.99. The van der Waals surface area contributed by atoms with Gasteiger partial charge in [0.25, 0.3) is 0 Å². The number of carbonyl (C=O) groups excluding carboxylic acids is 2. The number of nitrogens with one attached hydrogen (secondary N) is 1. The topological polar surface area (TPSA) is 106 Å². The number of amides is 3. The molecule has 2 aliphatic rings. The highest BCUT2D eigenvalue weighted by molar-refractivity contribution is 5.94. The van der Waals surface area contributed by atoms with Crippen LogP contribution in [0.1, 0.15) is 43.5 Å². The predicted molar refractivity (Wildman–Crippen MR) is 110 cm³/mol. The Morgan fingerprint density at radius 1 is 1.14 bits per heavy atom. The number of aryl methyl sites for hydroxylation is 2. The second-order valence-corrected chi connectivity index (χ2v) is 8.04. The zero-order valence-electron chi connectivity index (χ0n) is 16.9. The highest BCUT2D eigenvalue weighted by Gasteiger charge is 2.28. The number of nitrogens with zero attached hydrogens (tertiary/aromatic N) is 4. The fourth-order valence-corrected chi connectivity index (χ4v) is 4.22. The third-order valence-corrected chi connectivity index (χ3v) is 5.97. The van der Waals surface area contributed by atoms with E-state index in [1.165, 1.54) is 6.42 Å². The molecule has 0 radical (unpaired) electrons. The van der Waals surface area contributed by atoms with Gasteiger partial charge in [-0.25, -0.2) is 4.79 Å². The predicted octanol–water partition coefficient (Wildman–Crippen LogP) is 2.71. The number of nitrogens with two attached hydrogens (primary N) is 1. The number of rotatable bonds is 3. The SMILES string of the molecule is Cc1ccc(-c2nnc3n2CCCCC3)cc1NC(=O)C1CCCN(C(N)=O)C1. The number of hydrogen-bond acceptors (Lipinski definition) is 4. The quantitative estimate of drug-likeness (QED) is 0.832. The molecular formula is C21H28N6O2. The van der Waals surface area contributed by atoms with E-state index >= 15 is 0 Å². The molecule has 0 saturated carbocycles. The van der Waals surface area contributed by atoms with Crippen LogP contribution in [0.3, 0.4) is 0 Å². The van der Waals surface area contributed by atoms with Gasteiger partial charge in [0.1, 0.15) is 5.82 Å². The Morgan fingerprint density at radius 2 is 2.00 bits per heavy atom. The molecule has 1 saturated heterocycles. The molecule has 2 aliphatic heterocycles. The van der Waals surface area contributed by atoms with Crippen LogP contribution in [0.15, 0.2) is 18.2 Å². The molecule has 154 valence electrons. The first kappa shape index (κ1) is 19.4. The lowest BCUT2D eigenvalue weighted by Gasteiger charge is -2.30. The van der Waals surface area contributed by atoms with E-state index in [0.717, 1.165) is 67.1 Å². The van der Waals surface area contributed by atoms with Crippen LogP contribution in [0.2, 0.25) is 0 Å². The van der Waals surface area contributed by atoms with Crippen molar-refractivity contribution in [2.75, 3.05) is 18.4 Å². The average molecular weight is 396 g/mol. The van der Waals surface area contributed by atoms with E-state index in [2.05, 4.69) is 20.1 Å². The molecule has 8 heteroatoms. The fourth-order valence-electron chi connectivity index (χ4n) is 4.22. The Bertz CT molecular complexity index is 922. The second-order valence-electron chi connectivity index (χ2n) is 8.04. The monoisotopic (exact) mass is 396 g/mol. The van der Waals surface area contributed by atoms with Crippen molar-refractivity contribution in [2.24, 2.45) is 11.7 Å². The Labute approximate surface area is 170 Å². The summed E-state index contributed by atoms with van der Waals surface area (Å²) in [5.74, 6) is 1.58. The minimum atomic E-state index is -0.465. The summed E-state index contributed by atoms with van der Waals surface area (Å²) in [5.41, 5.74) is 8.10. The van der Waals surface area contributed by atoms with Gasteiger partial charge in [-0.1, -0.05) is 18.6 Å². The van der Waals surface area contributed by atoms with Gasteiger partial charge in [-0.3, -0.25) is 4.79 Å². The summed E-state index contributed by atoms with van der Waals surface area (Å²) < 4.78 is 2.20. The van der Waals surface area contributed by atoms with E-state index in [4.69, 9.17) is 5.73 Å². The molecule has 0 spiro atoms. The number of anilines is 1. The van der Waals surface area contributed by atoms with E-state index in [9.17, 15) is 9.59 Å². The van der Waals surface area contributed by atoms with Crippen LogP contribution in [0.5, 0.6) is 0 Å². The number of benzene rings is 1. The van der Waals surface area contributed by atoms with Gasteiger partial charge < -0.3 is 20.5 Å². The van der Waals surface area contributed by atoms with Crippen LogP contribution in [-0.4, -0.2) is 44.7 Å². The van der Waals surface area contributed by atoms with Crippen molar-refractivity contribution in [3.8, 4) is 11.4 Å². The molecule has 3 amide bonds. The Morgan fingerprint density at radius 3 is 2.83 bits per heavy atom. The van der Waals surface area contributed by atoms with Gasteiger partial charge in [-0.2, -0.15) is 0 Å². The first-order valence-corrected chi connectivity index (χ1v) is 10.4. The minimum absolute atomic E-state index is 0.0729.